The maximum absolute atomic E-state index is 11.9. The molecule has 1 aromatic carbocycles. The first-order valence-corrected chi connectivity index (χ1v) is 6.72. The smallest absolute Gasteiger partial charge is 0.307 e. The Balaban J connectivity index is 2.01. The fourth-order valence-electron chi connectivity index (χ4n) is 2.02. The number of hydrogen-bond donors (Lipinski definition) is 2. The average Bonchev–Trinajstić information content (AvgIpc) is 2.45. The molecular weight excluding hydrogens is 284 g/mol. The summed E-state index contributed by atoms with van der Waals surface area (Å²) in [6, 6.07) is 9.96. The van der Waals surface area contributed by atoms with Crippen LogP contribution in [-0.4, -0.2) is 21.6 Å². The van der Waals surface area contributed by atoms with Crippen LogP contribution in [0.1, 0.15) is 11.1 Å². The van der Waals surface area contributed by atoms with Crippen molar-refractivity contribution in [3.8, 4) is 0 Å². The second-order valence-corrected chi connectivity index (χ2v) is 4.94. The number of nitrogens with zero attached hydrogens (tertiary/aromatic N) is 1. The third kappa shape index (κ3) is 4.05. The van der Waals surface area contributed by atoms with Crippen LogP contribution < -0.4 is 10.9 Å². The van der Waals surface area contributed by atoms with Crippen molar-refractivity contribution in [2.45, 2.75) is 19.9 Å². The number of amides is 1. The highest BCUT2D eigenvalue weighted by Gasteiger charge is 2.06. The lowest BCUT2D eigenvalue weighted by Gasteiger charge is -2.08. The lowest BCUT2D eigenvalue weighted by Crippen LogP contribution is -2.28. The van der Waals surface area contributed by atoms with E-state index in [9.17, 15) is 14.4 Å². The quantitative estimate of drug-likeness (QED) is 0.874. The number of pyridine rings is 1. The van der Waals surface area contributed by atoms with Crippen LogP contribution in [0, 0.1) is 6.92 Å². The van der Waals surface area contributed by atoms with Crippen molar-refractivity contribution in [3.63, 3.8) is 0 Å². The van der Waals surface area contributed by atoms with Crippen molar-refractivity contribution < 1.29 is 14.7 Å². The van der Waals surface area contributed by atoms with E-state index in [0.29, 0.717) is 16.8 Å². The largest absolute Gasteiger partial charge is 0.481 e. The number of aryl methyl sites for hydroxylation is 1. The second kappa shape index (κ2) is 6.71. The van der Waals surface area contributed by atoms with Gasteiger partial charge in [0.1, 0.15) is 6.54 Å². The molecule has 22 heavy (non-hydrogen) atoms. The molecular formula is C16H16N2O4. The normalized spacial score (nSPS) is 10.2. The van der Waals surface area contributed by atoms with Gasteiger partial charge in [-0.25, -0.2) is 0 Å². The van der Waals surface area contributed by atoms with Crippen molar-refractivity contribution in [2.75, 3.05) is 5.32 Å². The summed E-state index contributed by atoms with van der Waals surface area (Å²) in [5, 5.41) is 11.4. The Hall–Kier alpha value is -2.89. The van der Waals surface area contributed by atoms with Crippen LogP contribution in [-0.2, 0) is 22.6 Å². The zero-order chi connectivity index (χ0) is 16.1. The van der Waals surface area contributed by atoms with E-state index in [0.717, 1.165) is 0 Å². The van der Waals surface area contributed by atoms with Gasteiger partial charge in [0.15, 0.2) is 0 Å². The molecule has 0 unspecified atom stereocenters. The van der Waals surface area contributed by atoms with E-state index in [2.05, 4.69) is 5.32 Å². The predicted molar refractivity (Wildman–Crippen MR) is 81.9 cm³/mol. The number of benzene rings is 1. The van der Waals surface area contributed by atoms with Crippen LogP contribution in [0.4, 0.5) is 5.69 Å². The van der Waals surface area contributed by atoms with E-state index in [1.165, 1.54) is 4.57 Å². The Labute approximate surface area is 127 Å². The summed E-state index contributed by atoms with van der Waals surface area (Å²) in [4.78, 5) is 34.4. The number of hydrogen-bond acceptors (Lipinski definition) is 3. The number of carbonyl (C=O) groups is 2. The summed E-state index contributed by atoms with van der Waals surface area (Å²) in [6.07, 6.45) is 1.50. The molecule has 2 aromatic rings. The number of carbonyl (C=O) groups excluding carboxylic acids is 1. The monoisotopic (exact) mass is 300 g/mol. The van der Waals surface area contributed by atoms with Gasteiger partial charge in [-0.05, 0) is 30.7 Å². The summed E-state index contributed by atoms with van der Waals surface area (Å²) in [5.41, 5.74) is 1.59. The predicted octanol–water partition coefficient (Wildman–Crippen LogP) is 1.42. The van der Waals surface area contributed by atoms with Gasteiger partial charge in [0.25, 0.3) is 5.56 Å². The molecule has 0 bridgehead atoms. The van der Waals surface area contributed by atoms with Crippen LogP contribution in [0.5, 0.6) is 0 Å². The van der Waals surface area contributed by atoms with Gasteiger partial charge in [-0.15, -0.1) is 0 Å². The van der Waals surface area contributed by atoms with Crippen LogP contribution in [0.25, 0.3) is 0 Å². The Morgan fingerprint density at radius 1 is 1.18 bits per heavy atom. The van der Waals surface area contributed by atoms with Crippen LogP contribution in [0.15, 0.2) is 47.4 Å². The third-order valence-corrected chi connectivity index (χ3v) is 3.12. The second-order valence-electron chi connectivity index (χ2n) is 4.94. The lowest BCUT2D eigenvalue weighted by molar-refractivity contribution is -0.136. The molecule has 1 amide bonds. The van der Waals surface area contributed by atoms with Gasteiger partial charge >= 0.3 is 5.97 Å². The molecule has 0 fully saturated rings. The van der Waals surface area contributed by atoms with Gasteiger partial charge in [0.05, 0.1) is 6.42 Å². The first kappa shape index (κ1) is 15.5. The molecule has 6 nitrogen and oxygen atoms in total. The van der Waals surface area contributed by atoms with Crippen molar-refractivity contribution in [3.05, 3.63) is 64.1 Å². The number of rotatable bonds is 5. The highest BCUT2D eigenvalue weighted by molar-refractivity contribution is 5.90. The van der Waals surface area contributed by atoms with Crippen molar-refractivity contribution >= 4 is 17.6 Å². The molecule has 1 aromatic heterocycles. The topological polar surface area (TPSA) is 88.4 Å². The molecule has 2 N–H and O–H groups in total. The van der Waals surface area contributed by atoms with E-state index in [-0.39, 0.29) is 24.4 Å². The minimum atomic E-state index is -0.907. The molecule has 0 aliphatic carbocycles. The first-order chi connectivity index (χ1) is 10.5. The standard InChI is InChI=1S/C16H16N2O4/c1-11-3-2-8-18(16(11)22)10-14(19)17-13-6-4-12(5-7-13)9-15(20)21/h2-8H,9-10H2,1H3,(H,17,19)(H,20,21). The maximum atomic E-state index is 11.9. The molecule has 0 atom stereocenters. The van der Waals surface area contributed by atoms with E-state index in [1.54, 1.807) is 49.5 Å². The summed E-state index contributed by atoms with van der Waals surface area (Å²) < 4.78 is 1.34. The molecule has 1 heterocycles. The number of aliphatic carboxylic acids is 1. The number of carboxylic acid groups (broad SMARTS) is 1. The third-order valence-electron chi connectivity index (χ3n) is 3.12. The summed E-state index contributed by atoms with van der Waals surface area (Å²) >= 11 is 0. The summed E-state index contributed by atoms with van der Waals surface area (Å²) in [7, 11) is 0. The average molecular weight is 300 g/mol. The first-order valence-electron chi connectivity index (χ1n) is 6.72. The number of aromatic nitrogens is 1. The molecule has 114 valence electrons. The van der Waals surface area contributed by atoms with Gasteiger partial charge in [0, 0.05) is 17.4 Å². The molecule has 0 aliphatic rings. The zero-order valence-corrected chi connectivity index (χ0v) is 12.1. The van der Waals surface area contributed by atoms with Gasteiger partial charge in [0.2, 0.25) is 5.91 Å². The molecule has 0 aliphatic heterocycles. The van der Waals surface area contributed by atoms with E-state index < -0.39 is 5.97 Å². The Morgan fingerprint density at radius 3 is 2.50 bits per heavy atom. The summed E-state index contributed by atoms with van der Waals surface area (Å²) in [6.45, 7) is 1.62. The SMILES string of the molecule is Cc1cccn(CC(=O)Nc2ccc(CC(=O)O)cc2)c1=O. The van der Waals surface area contributed by atoms with Gasteiger partial charge in [-0.2, -0.15) is 0 Å². The minimum absolute atomic E-state index is 0.0626. The van der Waals surface area contributed by atoms with E-state index in [1.807, 2.05) is 0 Å². The number of nitrogens with one attached hydrogen (secondary N) is 1. The Morgan fingerprint density at radius 2 is 1.86 bits per heavy atom. The van der Waals surface area contributed by atoms with E-state index >= 15 is 0 Å². The fraction of sp³-hybridized carbons (Fsp3) is 0.188. The highest BCUT2D eigenvalue weighted by Crippen LogP contribution is 2.10. The summed E-state index contributed by atoms with van der Waals surface area (Å²) in [5.74, 6) is -1.23. The zero-order valence-electron chi connectivity index (χ0n) is 12.1. The Bertz CT molecular complexity index is 747. The molecule has 0 spiro atoms. The fourth-order valence-corrected chi connectivity index (χ4v) is 2.02. The van der Waals surface area contributed by atoms with Crippen molar-refractivity contribution in [2.24, 2.45) is 0 Å². The molecule has 0 radical (unpaired) electrons. The maximum Gasteiger partial charge on any atom is 0.307 e. The van der Waals surface area contributed by atoms with Gasteiger partial charge in [-0.3, -0.25) is 14.4 Å². The van der Waals surface area contributed by atoms with Crippen LogP contribution >= 0.6 is 0 Å². The molecule has 6 heteroatoms. The van der Waals surface area contributed by atoms with Crippen molar-refractivity contribution in [1.82, 2.24) is 4.57 Å². The van der Waals surface area contributed by atoms with Crippen LogP contribution in [0.3, 0.4) is 0 Å². The minimum Gasteiger partial charge on any atom is -0.481 e. The van der Waals surface area contributed by atoms with E-state index in [4.69, 9.17) is 5.11 Å². The number of carboxylic acids is 1. The lowest BCUT2D eigenvalue weighted by atomic mass is 10.1. The highest BCUT2D eigenvalue weighted by atomic mass is 16.4. The van der Waals surface area contributed by atoms with Crippen molar-refractivity contribution in [1.29, 1.82) is 0 Å². The molecule has 0 saturated heterocycles. The van der Waals surface area contributed by atoms with Crippen LogP contribution in [0.2, 0.25) is 0 Å². The molecule has 0 saturated carbocycles. The Kier molecular flexibility index (Phi) is 4.73. The van der Waals surface area contributed by atoms with Gasteiger partial charge in [-0.1, -0.05) is 18.2 Å². The number of anilines is 1. The molecule has 2 rings (SSSR count). The van der Waals surface area contributed by atoms with Gasteiger partial charge < -0.3 is 15.0 Å².